The van der Waals surface area contributed by atoms with Gasteiger partial charge in [0.1, 0.15) is 11.8 Å². The van der Waals surface area contributed by atoms with Crippen molar-refractivity contribution in [2.45, 2.75) is 12.5 Å². The van der Waals surface area contributed by atoms with Crippen molar-refractivity contribution in [3.8, 4) is 0 Å². The number of benzene rings is 2. The molecule has 2 heterocycles. The first-order valence-corrected chi connectivity index (χ1v) is 11.6. The van der Waals surface area contributed by atoms with Gasteiger partial charge in [-0.25, -0.2) is 23.4 Å². The van der Waals surface area contributed by atoms with E-state index in [-0.39, 0.29) is 49.6 Å². The quantitative estimate of drug-likeness (QED) is 0.499. The number of carboxylic acid groups (broad SMARTS) is 1. The van der Waals surface area contributed by atoms with Crippen LogP contribution in [-0.4, -0.2) is 85.9 Å². The number of nitrogens with zero attached hydrogens (tertiary/aromatic N) is 3. The molecule has 2 aromatic rings. The molecule has 2 saturated heterocycles. The molecule has 2 fully saturated rings. The molecular weight excluding hydrogens is 532 g/mol. The van der Waals surface area contributed by atoms with Gasteiger partial charge in [-0.3, -0.25) is 19.3 Å². The van der Waals surface area contributed by atoms with Crippen molar-refractivity contribution < 1.29 is 51.4 Å². The number of halogens is 4. The molecule has 15 heteroatoms. The van der Waals surface area contributed by atoms with Crippen LogP contribution in [0.5, 0.6) is 0 Å². The van der Waals surface area contributed by atoms with Gasteiger partial charge < -0.3 is 20.1 Å². The Morgan fingerprint density at radius 1 is 1.03 bits per heavy atom. The summed E-state index contributed by atoms with van der Waals surface area (Å²) in [6, 6.07) is 7.03. The van der Waals surface area contributed by atoms with E-state index in [0.29, 0.717) is 0 Å². The number of amides is 3. The number of ether oxygens (including phenoxy) is 1. The van der Waals surface area contributed by atoms with E-state index in [1.807, 2.05) is 5.32 Å². The van der Waals surface area contributed by atoms with E-state index in [4.69, 9.17) is 14.7 Å². The first-order chi connectivity index (χ1) is 18.5. The molecule has 0 aliphatic carbocycles. The van der Waals surface area contributed by atoms with Gasteiger partial charge in [-0.05, 0) is 24.3 Å². The zero-order valence-electron chi connectivity index (χ0n) is 20.1. The zero-order valence-corrected chi connectivity index (χ0v) is 20.1. The minimum atomic E-state index is -3.24. The van der Waals surface area contributed by atoms with Gasteiger partial charge in [0.05, 0.1) is 37.5 Å². The van der Waals surface area contributed by atoms with E-state index >= 15 is 8.78 Å². The van der Waals surface area contributed by atoms with Gasteiger partial charge in [0.15, 0.2) is 11.6 Å². The van der Waals surface area contributed by atoms with Gasteiger partial charge >= 0.3 is 18.5 Å². The van der Waals surface area contributed by atoms with Crippen molar-refractivity contribution >= 4 is 35.3 Å². The number of carbonyl (C=O) groups is 4. The molecule has 11 nitrogen and oxygen atoms in total. The van der Waals surface area contributed by atoms with Crippen LogP contribution in [0.1, 0.15) is 20.7 Å². The zero-order chi connectivity index (χ0) is 28.3. The maximum absolute atomic E-state index is 15.1. The van der Waals surface area contributed by atoms with E-state index in [1.54, 1.807) is 0 Å². The van der Waals surface area contributed by atoms with Crippen LogP contribution in [-0.2, 0) is 14.4 Å². The van der Waals surface area contributed by atoms with Gasteiger partial charge in [-0.15, -0.1) is 0 Å². The SMILES string of the molecule is O=C(O)c1ccc(C(=O)N2CCN(c3c(F)cc(N4C[C@H](CNC(=O)C(F)F)OC4=O)cc3F)CCO2)cc1. The molecule has 2 N–H and O–H groups in total. The third-order valence-electron chi connectivity index (χ3n) is 5.99. The highest BCUT2D eigenvalue weighted by molar-refractivity contribution is 5.95. The number of carbonyl (C=O) groups excluding carboxylic acids is 3. The Morgan fingerprint density at radius 2 is 1.67 bits per heavy atom. The van der Waals surface area contributed by atoms with Crippen LogP contribution in [0.2, 0.25) is 0 Å². The third kappa shape index (κ3) is 6.19. The van der Waals surface area contributed by atoms with E-state index in [0.717, 1.165) is 22.1 Å². The summed E-state index contributed by atoms with van der Waals surface area (Å²) < 4.78 is 59.9. The number of aromatic carboxylic acids is 1. The fourth-order valence-corrected chi connectivity index (χ4v) is 4.07. The maximum Gasteiger partial charge on any atom is 0.414 e. The smallest absolute Gasteiger partial charge is 0.414 e. The van der Waals surface area contributed by atoms with Crippen LogP contribution >= 0.6 is 0 Å². The highest BCUT2D eigenvalue weighted by Crippen LogP contribution is 2.31. The van der Waals surface area contributed by atoms with E-state index in [2.05, 4.69) is 0 Å². The molecule has 0 saturated carbocycles. The minimum absolute atomic E-state index is 0.000118. The van der Waals surface area contributed by atoms with Crippen molar-refractivity contribution in [2.24, 2.45) is 0 Å². The van der Waals surface area contributed by atoms with E-state index in [9.17, 15) is 28.0 Å². The van der Waals surface area contributed by atoms with Crippen LogP contribution in [0.3, 0.4) is 0 Å². The lowest BCUT2D eigenvalue weighted by Crippen LogP contribution is -2.37. The number of nitrogens with one attached hydrogen (secondary N) is 1. The lowest BCUT2D eigenvalue weighted by molar-refractivity contribution is -0.132. The predicted octanol–water partition coefficient (Wildman–Crippen LogP) is 2.26. The second kappa shape index (κ2) is 11.6. The molecule has 1 atom stereocenters. The van der Waals surface area contributed by atoms with Gasteiger partial charge in [-0.2, -0.15) is 8.78 Å². The second-order valence-corrected chi connectivity index (χ2v) is 8.53. The molecule has 3 amide bonds. The predicted molar refractivity (Wildman–Crippen MR) is 126 cm³/mol. The molecule has 39 heavy (non-hydrogen) atoms. The van der Waals surface area contributed by atoms with E-state index in [1.165, 1.54) is 29.2 Å². The van der Waals surface area contributed by atoms with E-state index < -0.39 is 60.3 Å². The first-order valence-electron chi connectivity index (χ1n) is 11.6. The summed E-state index contributed by atoms with van der Waals surface area (Å²) in [5, 5.41) is 11.9. The lowest BCUT2D eigenvalue weighted by Gasteiger charge is -2.24. The summed E-state index contributed by atoms with van der Waals surface area (Å²) in [5.41, 5.74) is -0.412. The Morgan fingerprint density at radius 3 is 2.28 bits per heavy atom. The fraction of sp³-hybridized carbons (Fsp3) is 0.333. The maximum atomic E-state index is 15.1. The average molecular weight is 554 g/mol. The number of hydrogen-bond donors (Lipinski definition) is 2. The van der Waals surface area contributed by atoms with Gasteiger partial charge in [-0.1, -0.05) is 0 Å². The van der Waals surface area contributed by atoms with Crippen molar-refractivity contribution in [1.29, 1.82) is 0 Å². The average Bonchev–Trinajstić information content (AvgIpc) is 3.11. The third-order valence-corrected chi connectivity index (χ3v) is 5.99. The molecule has 0 unspecified atom stereocenters. The summed E-state index contributed by atoms with van der Waals surface area (Å²) in [6.45, 7) is -0.783. The molecular formula is C24H22F4N4O7. The molecule has 0 bridgehead atoms. The number of alkyl halides is 2. The fourth-order valence-electron chi connectivity index (χ4n) is 4.07. The van der Waals surface area contributed by atoms with Gasteiger partial charge in [0.2, 0.25) is 0 Å². The largest absolute Gasteiger partial charge is 0.478 e. The number of anilines is 2. The van der Waals surface area contributed by atoms with Crippen LogP contribution in [0.4, 0.5) is 33.7 Å². The molecule has 4 rings (SSSR count). The molecule has 2 aromatic carbocycles. The number of hydroxylamine groups is 2. The molecule has 208 valence electrons. The van der Waals surface area contributed by atoms with Crippen LogP contribution < -0.4 is 15.1 Å². The number of carboxylic acids is 1. The Labute approximate surface area is 218 Å². The Bertz CT molecular complexity index is 1250. The van der Waals surface area contributed by atoms with Crippen LogP contribution in [0.25, 0.3) is 0 Å². The number of cyclic esters (lactones) is 1. The first kappa shape index (κ1) is 27.6. The Kier molecular flexibility index (Phi) is 8.18. The summed E-state index contributed by atoms with van der Waals surface area (Å²) in [7, 11) is 0. The summed E-state index contributed by atoms with van der Waals surface area (Å²) in [6.07, 6.45) is -5.21. The van der Waals surface area contributed by atoms with Crippen molar-refractivity contribution in [2.75, 3.05) is 49.1 Å². The lowest BCUT2D eigenvalue weighted by atomic mass is 10.1. The summed E-state index contributed by atoms with van der Waals surface area (Å²) >= 11 is 0. The van der Waals surface area contributed by atoms with Crippen molar-refractivity contribution in [3.05, 3.63) is 59.2 Å². The Balaban J connectivity index is 1.42. The monoisotopic (exact) mass is 554 g/mol. The second-order valence-electron chi connectivity index (χ2n) is 8.53. The normalized spacial score (nSPS) is 17.7. The minimum Gasteiger partial charge on any atom is -0.478 e. The summed E-state index contributed by atoms with van der Waals surface area (Å²) in [4.78, 5) is 54.7. The molecule has 0 radical (unpaired) electrons. The molecule has 2 aliphatic heterocycles. The van der Waals surface area contributed by atoms with Crippen molar-refractivity contribution in [3.63, 3.8) is 0 Å². The number of rotatable bonds is 7. The highest BCUT2D eigenvalue weighted by Gasteiger charge is 2.34. The van der Waals surface area contributed by atoms with Crippen LogP contribution in [0.15, 0.2) is 36.4 Å². The van der Waals surface area contributed by atoms with Crippen LogP contribution in [0, 0.1) is 11.6 Å². The molecule has 0 aromatic heterocycles. The highest BCUT2D eigenvalue weighted by atomic mass is 19.3. The Hall–Kier alpha value is -4.40. The van der Waals surface area contributed by atoms with Crippen molar-refractivity contribution in [1.82, 2.24) is 10.4 Å². The van der Waals surface area contributed by atoms with Gasteiger partial charge in [0.25, 0.3) is 11.8 Å². The molecule has 2 aliphatic rings. The summed E-state index contributed by atoms with van der Waals surface area (Å²) in [5.74, 6) is -5.25. The topological polar surface area (TPSA) is 129 Å². The van der Waals surface area contributed by atoms with Gasteiger partial charge in [0, 0.05) is 30.8 Å². The standard InChI is InChI=1S/C24H22F4N4O7/c25-17-9-15(31-12-16(39-24(31)37)11-29-21(33)20(27)28)10-18(26)19(17)30-5-6-32(38-8-7-30)22(34)13-1-3-14(4-2-13)23(35)36/h1-4,9-10,16,20H,5-8,11-12H2,(H,29,33)(H,35,36)/t16-/m0/s1. The number of hydrogen-bond acceptors (Lipinski definition) is 7. The molecule has 0 spiro atoms.